The van der Waals surface area contributed by atoms with E-state index in [0.717, 1.165) is 6.07 Å². The van der Waals surface area contributed by atoms with Crippen molar-refractivity contribution in [1.82, 2.24) is 9.78 Å². The molecule has 0 saturated heterocycles. The Morgan fingerprint density at radius 1 is 1.57 bits per heavy atom. The van der Waals surface area contributed by atoms with Gasteiger partial charge in [-0.15, -0.1) is 0 Å². The van der Waals surface area contributed by atoms with Gasteiger partial charge in [0, 0.05) is 12.4 Å². The number of aromatic carboxylic acids is 1. The highest BCUT2D eigenvalue weighted by molar-refractivity contribution is 6.02. The molecule has 0 bridgehead atoms. The van der Waals surface area contributed by atoms with Gasteiger partial charge in [0.2, 0.25) is 0 Å². The molecule has 1 aromatic carbocycles. The van der Waals surface area contributed by atoms with Crippen LogP contribution in [0.15, 0.2) is 18.3 Å². The molecule has 0 aliphatic carbocycles. The fraction of sp³-hybridized carbons (Fsp3) is 0.111. The summed E-state index contributed by atoms with van der Waals surface area (Å²) in [7, 11) is 1.67. The molecule has 0 amide bonds. The maximum Gasteiger partial charge on any atom is 0.339 e. The number of aryl methyl sites for hydroxylation is 1. The quantitative estimate of drug-likeness (QED) is 0.746. The minimum atomic E-state index is -1.28. The van der Waals surface area contributed by atoms with E-state index in [1.165, 1.54) is 16.9 Å². The Balaban J connectivity index is 2.90. The number of hydrogen-bond donors (Lipinski definition) is 1. The minimum absolute atomic E-state index is 0.319. The number of aromatic nitrogens is 2. The largest absolute Gasteiger partial charge is 0.478 e. The van der Waals surface area contributed by atoms with Crippen LogP contribution in [0.25, 0.3) is 10.9 Å². The highest BCUT2D eigenvalue weighted by Crippen LogP contribution is 2.20. The first kappa shape index (κ1) is 8.68. The molecular formula is C9H7FN2O2. The van der Waals surface area contributed by atoms with Gasteiger partial charge in [0.15, 0.2) is 0 Å². The lowest BCUT2D eigenvalue weighted by atomic mass is 10.1. The third-order valence-corrected chi connectivity index (χ3v) is 2.09. The van der Waals surface area contributed by atoms with E-state index in [1.807, 2.05) is 0 Å². The van der Waals surface area contributed by atoms with Crippen molar-refractivity contribution in [1.29, 1.82) is 0 Å². The minimum Gasteiger partial charge on any atom is -0.478 e. The molecule has 0 spiro atoms. The van der Waals surface area contributed by atoms with E-state index >= 15 is 0 Å². The summed E-state index contributed by atoms with van der Waals surface area (Å²) >= 11 is 0. The summed E-state index contributed by atoms with van der Waals surface area (Å²) in [6.45, 7) is 0. The standard InChI is InChI=1S/C9H7FN2O2/c1-12-7-3-2-6(10)8(9(13)14)5(7)4-11-12/h2-4H,1H3,(H,13,14). The van der Waals surface area contributed by atoms with E-state index in [2.05, 4.69) is 5.10 Å². The van der Waals surface area contributed by atoms with Crippen LogP contribution in [-0.4, -0.2) is 20.9 Å². The summed E-state index contributed by atoms with van der Waals surface area (Å²) in [6, 6.07) is 2.64. The number of hydrogen-bond acceptors (Lipinski definition) is 2. The number of carbonyl (C=O) groups is 1. The van der Waals surface area contributed by atoms with Crippen molar-refractivity contribution in [2.45, 2.75) is 0 Å². The van der Waals surface area contributed by atoms with E-state index in [1.54, 1.807) is 7.05 Å². The Hall–Kier alpha value is -1.91. The highest BCUT2D eigenvalue weighted by atomic mass is 19.1. The zero-order valence-electron chi connectivity index (χ0n) is 7.36. The van der Waals surface area contributed by atoms with Crippen molar-refractivity contribution in [3.05, 3.63) is 29.7 Å². The second-order valence-electron chi connectivity index (χ2n) is 2.93. The number of nitrogens with zero attached hydrogens (tertiary/aromatic N) is 2. The van der Waals surface area contributed by atoms with Crippen molar-refractivity contribution in [3.63, 3.8) is 0 Å². The topological polar surface area (TPSA) is 55.1 Å². The van der Waals surface area contributed by atoms with E-state index in [9.17, 15) is 9.18 Å². The smallest absolute Gasteiger partial charge is 0.339 e. The SMILES string of the molecule is Cn1ncc2c(C(=O)O)c(F)ccc21. The average molecular weight is 194 g/mol. The molecular weight excluding hydrogens is 187 g/mol. The van der Waals surface area contributed by atoms with Crippen LogP contribution in [-0.2, 0) is 7.05 Å². The molecule has 0 fully saturated rings. The first-order valence-electron chi connectivity index (χ1n) is 3.95. The lowest BCUT2D eigenvalue weighted by molar-refractivity contribution is 0.0694. The van der Waals surface area contributed by atoms with Gasteiger partial charge in [0.05, 0.1) is 11.7 Å². The summed E-state index contributed by atoms with van der Waals surface area (Å²) in [5.41, 5.74) is 0.277. The number of halogens is 1. The van der Waals surface area contributed by atoms with E-state index in [0.29, 0.717) is 10.9 Å². The average Bonchev–Trinajstić information content (AvgIpc) is 2.47. The predicted octanol–water partition coefficient (Wildman–Crippen LogP) is 1.41. The molecule has 1 aromatic heterocycles. The number of carboxylic acid groups (broad SMARTS) is 1. The molecule has 0 radical (unpaired) electrons. The van der Waals surface area contributed by atoms with Crippen LogP contribution in [0, 0.1) is 5.82 Å². The van der Waals surface area contributed by atoms with Crippen molar-refractivity contribution >= 4 is 16.9 Å². The second kappa shape index (κ2) is 2.80. The molecule has 2 aromatic rings. The molecule has 2 rings (SSSR count). The van der Waals surface area contributed by atoms with Gasteiger partial charge in [-0.25, -0.2) is 9.18 Å². The molecule has 1 N–H and O–H groups in total. The van der Waals surface area contributed by atoms with E-state index < -0.39 is 11.8 Å². The Kier molecular flexibility index (Phi) is 1.73. The van der Waals surface area contributed by atoms with E-state index in [-0.39, 0.29) is 5.56 Å². The molecule has 5 heteroatoms. The van der Waals surface area contributed by atoms with Crippen LogP contribution in [0.3, 0.4) is 0 Å². The molecule has 1 heterocycles. The van der Waals surface area contributed by atoms with Crippen LogP contribution in [0.1, 0.15) is 10.4 Å². The van der Waals surface area contributed by atoms with Crippen molar-refractivity contribution < 1.29 is 14.3 Å². The molecule has 72 valence electrons. The zero-order chi connectivity index (χ0) is 10.3. The number of carboxylic acids is 1. The van der Waals surface area contributed by atoms with Gasteiger partial charge in [0.1, 0.15) is 11.4 Å². The second-order valence-corrected chi connectivity index (χ2v) is 2.93. The lowest BCUT2D eigenvalue weighted by Crippen LogP contribution is -2.01. The summed E-state index contributed by atoms with van der Waals surface area (Å²) < 4.78 is 14.7. The summed E-state index contributed by atoms with van der Waals surface area (Å²) in [4.78, 5) is 10.8. The Morgan fingerprint density at radius 2 is 2.29 bits per heavy atom. The molecule has 0 atom stereocenters. The predicted molar refractivity (Wildman–Crippen MR) is 47.6 cm³/mol. The van der Waals surface area contributed by atoms with E-state index in [4.69, 9.17) is 5.11 Å². The summed E-state index contributed by atoms with van der Waals surface area (Å²) in [5.74, 6) is -2.01. The first-order valence-corrected chi connectivity index (χ1v) is 3.95. The van der Waals surface area contributed by atoms with Gasteiger partial charge in [-0.1, -0.05) is 0 Å². The van der Waals surface area contributed by atoms with Crippen LogP contribution < -0.4 is 0 Å². The normalized spacial score (nSPS) is 10.7. The highest BCUT2D eigenvalue weighted by Gasteiger charge is 2.16. The number of fused-ring (bicyclic) bond motifs is 1. The van der Waals surface area contributed by atoms with Crippen LogP contribution in [0.4, 0.5) is 4.39 Å². The third-order valence-electron chi connectivity index (χ3n) is 2.09. The maximum atomic E-state index is 13.2. The molecule has 0 aliphatic heterocycles. The summed E-state index contributed by atoms with van der Waals surface area (Å²) in [5, 5.41) is 13.0. The number of rotatable bonds is 1. The Morgan fingerprint density at radius 3 is 2.93 bits per heavy atom. The fourth-order valence-electron chi connectivity index (χ4n) is 1.42. The van der Waals surface area contributed by atoms with Gasteiger partial charge in [-0.2, -0.15) is 5.10 Å². The Bertz CT molecular complexity index is 519. The van der Waals surface area contributed by atoms with Crippen LogP contribution in [0.2, 0.25) is 0 Å². The Labute approximate surface area is 78.6 Å². The van der Waals surface area contributed by atoms with Gasteiger partial charge >= 0.3 is 5.97 Å². The van der Waals surface area contributed by atoms with Crippen molar-refractivity contribution in [2.24, 2.45) is 7.05 Å². The summed E-state index contributed by atoms with van der Waals surface area (Å²) in [6.07, 6.45) is 1.35. The van der Waals surface area contributed by atoms with Crippen LogP contribution >= 0.6 is 0 Å². The van der Waals surface area contributed by atoms with Gasteiger partial charge in [-0.05, 0) is 12.1 Å². The lowest BCUT2D eigenvalue weighted by Gasteiger charge is -1.99. The first-order chi connectivity index (χ1) is 6.61. The van der Waals surface area contributed by atoms with Gasteiger partial charge in [0.25, 0.3) is 0 Å². The van der Waals surface area contributed by atoms with Crippen molar-refractivity contribution in [2.75, 3.05) is 0 Å². The molecule has 0 saturated carbocycles. The zero-order valence-corrected chi connectivity index (χ0v) is 7.36. The van der Waals surface area contributed by atoms with Gasteiger partial charge < -0.3 is 5.11 Å². The van der Waals surface area contributed by atoms with Crippen LogP contribution in [0.5, 0.6) is 0 Å². The fourth-order valence-corrected chi connectivity index (χ4v) is 1.42. The third kappa shape index (κ3) is 1.06. The number of benzene rings is 1. The monoisotopic (exact) mass is 194 g/mol. The van der Waals surface area contributed by atoms with Gasteiger partial charge in [-0.3, -0.25) is 4.68 Å². The molecule has 0 unspecified atom stereocenters. The molecule has 4 nitrogen and oxygen atoms in total. The maximum absolute atomic E-state index is 13.2. The van der Waals surface area contributed by atoms with Crippen molar-refractivity contribution in [3.8, 4) is 0 Å². The molecule has 0 aliphatic rings. The molecule has 14 heavy (non-hydrogen) atoms.